The first-order valence-corrected chi connectivity index (χ1v) is 6.50. The highest BCUT2D eigenvalue weighted by Gasteiger charge is 2.19. The van der Waals surface area contributed by atoms with Gasteiger partial charge in [0.05, 0.1) is 10.5 Å². The van der Waals surface area contributed by atoms with E-state index in [9.17, 15) is 14.9 Å². The molecule has 0 radical (unpaired) electrons. The number of halogens is 1. The van der Waals surface area contributed by atoms with Gasteiger partial charge >= 0.3 is 11.7 Å². The first-order chi connectivity index (χ1) is 9.47. The molecular weight excluding hydrogens is 377 g/mol. The van der Waals surface area contributed by atoms with Gasteiger partial charge in [0.1, 0.15) is 5.75 Å². The molecule has 0 amide bonds. The van der Waals surface area contributed by atoms with Crippen LogP contribution in [0.5, 0.6) is 11.5 Å². The zero-order valence-corrected chi connectivity index (χ0v) is 12.1. The number of hydrogen-bond donors (Lipinski definition) is 1. The average Bonchev–Trinajstić information content (AvgIpc) is 2.38. The summed E-state index contributed by atoms with van der Waals surface area (Å²) in [6.45, 7) is 0. The maximum absolute atomic E-state index is 11.0. The molecule has 0 spiro atoms. The normalized spacial score (nSPS) is 10.1. The molecule has 0 aromatic heterocycles. The average molecular weight is 385 g/mol. The van der Waals surface area contributed by atoms with E-state index in [0.717, 1.165) is 9.64 Å². The third-order valence-electron chi connectivity index (χ3n) is 2.43. The number of nitro benzene ring substituents is 1. The number of carbonyl (C=O) groups is 1. The number of rotatable bonds is 4. The standard InChI is InChI=1S/C13H8INO5/c14-9-2-1-3-10(7-9)20-12-5-4-8(13(16)17)6-11(12)15(18)19/h1-7H,(H,16,17). The summed E-state index contributed by atoms with van der Waals surface area (Å²) in [6.07, 6.45) is 0. The van der Waals surface area contributed by atoms with Crippen LogP contribution in [0.15, 0.2) is 42.5 Å². The minimum atomic E-state index is -1.23. The maximum Gasteiger partial charge on any atom is 0.335 e. The zero-order chi connectivity index (χ0) is 14.7. The van der Waals surface area contributed by atoms with Crippen molar-refractivity contribution in [1.82, 2.24) is 0 Å². The van der Waals surface area contributed by atoms with Gasteiger partial charge < -0.3 is 9.84 Å². The van der Waals surface area contributed by atoms with E-state index in [4.69, 9.17) is 9.84 Å². The number of nitro groups is 1. The number of hydrogen-bond acceptors (Lipinski definition) is 4. The van der Waals surface area contributed by atoms with E-state index < -0.39 is 10.9 Å². The molecule has 0 heterocycles. The molecule has 0 fully saturated rings. The SMILES string of the molecule is O=C(O)c1ccc(Oc2cccc(I)c2)c([N+](=O)[O-])c1. The van der Waals surface area contributed by atoms with Gasteiger partial charge in [-0.15, -0.1) is 0 Å². The molecule has 0 saturated heterocycles. The third kappa shape index (κ3) is 3.23. The molecule has 0 unspecified atom stereocenters. The second-order valence-corrected chi connectivity index (χ2v) is 5.05. The lowest BCUT2D eigenvalue weighted by Crippen LogP contribution is -2.00. The Hall–Kier alpha value is -2.16. The van der Waals surface area contributed by atoms with E-state index in [1.165, 1.54) is 12.1 Å². The predicted octanol–water partition coefficient (Wildman–Crippen LogP) is 3.69. The highest BCUT2D eigenvalue weighted by atomic mass is 127. The molecule has 0 aliphatic carbocycles. The van der Waals surface area contributed by atoms with Crippen molar-refractivity contribution >= 4 is 34.2 Å². The zero-order valence-electron chi connectivity index (χ0n) is 9.95. The molecule has 2 aromatic rings. The van der Waals surface area contributed by atoms with Gasteiger partial charge in [0, 0.05) is 9.64 Å². The van der Waals surface area contributed by atoms with Crippen molar-refractivity contribution in [3.63, 3.8) is 0 Å². The van der Waals surface area contributed by atoms with Gasteiger partial charge in [0.25, 0.3) is 0 Å². The highest BCUT2D eigenvalue weighted by Crippen LogP contribution is 2.32. The van der Waals surface area contributed by atoms with Gasteiger partial charge in [-0.25, -0.2) is 4.79 Å². The molecule has 0 aliphatic rings. The lowest BCUT2D eigenvalue weighted by atomic mass is 10.2. The Morgan fingerprint density at radius 3 is 2.60 bits per heavy atom. The molecule has 0 atom stereocenters. The number of benzene rings is 2. The fourth-order valence-corrected chi connectivity index (χ4v) is 2.05. The monoisotopic (exact) mass is 385 g/mol. The lowest BCUT2D eigenvalue weighted by molar-refractivity contribution is -0.385. The van der Waals surface area contributed by atoms with E-state index in [1.54, 1.807) is 18.2 Å². The highest BCUT2D eigenvalue weighted by molar-refractivity contribution is 14.1. The van der Waals surface area contributed by atoms with Crippen molar-refractivity contribution in [3.05, 3.63) is 61.7 Å². The first kappa shape index (κ1) is 14.3. The summed E-state index contributed by atoms with van der Waals surface area (Å²) < 4.78 is 6.37. The summed E-state index contributed by atoms with van der Waals surface area (Å²) in [4.78, 5) is 21.1. The van der Waals surface area contributed by atoms with E-state index >= 15 is 0 Å². The molecule has 0 aliphatic heterocycles. The van der Waals surface area contributed by atoms with Gasteiger partial charge in [-0.05, 0) is 52.9 Å². The van der Waals surface area contributed by atoms with Gasteiger partial charge in [0.15, 0.2) is 0 Å². The van der Waals surface area contributed by atoms with E-state index in [1.807, 2.05) is 6.07 Å². The third-order valence-corrected chi connectivity index (χ3v) is 3.10. The number of carboxylic acids is 1. The molecule has 0 bridgehead atoms. The van der Waals surface area contributed by atoms with Crippen LogP contribution in [0.3, 0.4) is 0 Å². The second kappa shape index (κ2) is 5.87. The Morgan fingerprint density at radius 2 is 2.00 bits per heavy atom. The molecule has 0 saturated carbocycles. The Morgan fingerprint density at radius 1 is 1.25 bits per heavy atom. The van der Waals surface area contributed by atoms with Crippen molar-refractivity contribution in [2.75, 3.05) is 0 Å². The van der Waals surface area contributed by atoms with Crippen LogP contribution in [-0.4, -0.2) is 16.0 Å². The second-order valence-electron chi connectivity index (χ2n) is 3.80. The van der Waals surface area contributed by atoms with Crippen LogP contribution in [0.2, 0.25) is 0 Å². The molecule has 102 valence electrons. The topological polar surface area (TPSA) is 89.7 Å². The van der Waals surface area contributed by atoms with Crippen molar-refractivity contribution in [1.29, 1.82) is 0 Å². The molecule has 2 rings (SSSR count). The summed E-state index contributed by atoms with van der Waals surface area (Å²) >= 11 is 2.09. The maximum atomic E-state index is 11.0. The van der Waals surface area contributed by atoms with Crippen LogP contribution < -0.4 is 4.74 Å². The van der Waals surface area contributed by atoms with Gasteiger partial charge in [-0.2, -0.15) is 0 Å². The van der Waals surface area contributed by atoms with Crippen molar-refractivity contribution in [3.8, 4) is 11.5 Å². The van der Waals surface area contributed by atoms with Crippen molar-refractivity contribution in [2.24, 2.45) is 0 Å². The van der Waals surface area contributed by atoms with Crippen molar-refractivity contribution < 1.29 is 19.6 Å². The molecule has 20 heavy (non-hydrogen) atoms. The van der Waals surface area contributed by atoms with E-state index in [2.05, 4.69) is 22.6 Å². The molecule has 6 nitrogen and oxygen atoms in total. The summed E-state index contributed by atoms with van der Waals surface area (Å²) in [5, 5.41) is 19.8. The molecular formula is C13H8INO5. The van der Waals surface area contributed by atoms with Crippen LogP contribution in [0, 0.1) is 13.7 Å². The number of aromatic carboxylic acids is 1. The van der Waals surface area contributed by atoms with Gasteiger partial charge in [0.2, 0.25) is 5.75 Å². The Labute approximate surface area is 127 Å². The van der Waals surface area contributed by atoms with Crippen LogP contribution in [0.4, 0.5) is 5.69 Å². The minimum Gasteiger partial charge on any atom is -0.478 e. The molecule has 2 aromatic carbocycles. The van der Waals surface area contributed by atoms with E-state index in [0.29, 0.717) is 5.75 Å². The van der Waals surface area contributed by atoms with Gasteiger partial charge in [-0.3, -0.25) is 10.1 Å². The lowest BCUT2D eigenvalue weighted by Gasteiger charge is -2.07. The minimum absolute atomic E-state index is 0.00185. The number of nitrogens with zero attached hydrogens (tertiary/aromatic N) is 1. The van der Waals surface area contributed by atoms with Crippen LogP contribution >= 0.6 is 22.6 Å². The van der Waals surface area contributed by atoms with Crippen LogP contribution in [0.25, 0.3) is 0 Å². The van der Waals surface area contributed by atoms with Crippen molar-refractivity contribution in [2.45, 2.75) is 0 Å². The smallest absolute Gasteiger partial charge is 0.335 e. The predicted molar refractivity (Wildman–Crippen MR) is 79.3 cm³/mol. The van der Waals surface area contributed by atoms with Crippen LogP contribution in [-0.2, 0) is 0 Å². The largest absolute Gasteiger partial charge is 0.478 e. The Bertz CT molecular complexity index is 686. The van der Waals surface area contributed by atoms with Crippen LogP contribution in [0.1, 0.15) is 10.4 Å². The van der Waals surface area contributed by atoms with E-state index in [-0.39, 0.29) is 17.0 Å². The quantitative estimate of drug-likeness (QED) is 0.493. The number of carboxylic acid groups (broad SMARTS) is 1. The summed E-state index contributed by atoms with van der Waals surface area (Å²) in [5.41, 5.74) is -0.546. The Balaban J connectivity index is 2.41. The summed E-state index contributed by atoms with van der Waals surface area (Å²) in [5.74, 6) is -0.779. The number of ether oxygens (including phenoxy) is 1. The molecule has 7 heteroatoms. The molecule has 1 N–H and O–H groups in total. The fourth-order valence-electron chi connectivity index (χ4n) is 1.54. The summed E-state index contributed by atoms with van der Waals surface area (Å²) in [7, 11) is 0. The summed E-state index contributed by atoms with van der Waals surface area (Å²) in [6, 6.07) is 10.5. The Kier molecular flexibility index (Phi) is 4.18. The fraction of sp³-hybridized carbons (Fsp3) is 0. The van der Waals surface area contributed by atoms with Gasteiger partial charge in [-0.1, -0.05) is 6.07 Å². The first-order valence-electron chi connectivity index (χ1n) is 5.42.